The lowest BCUT2D eigenvalue weighted by atomic mass is 9.88. The van der Waals surface area contributed by atoms with Crippen molar-refractivity contribution >= 4 is 16.6 Å². The Bertz CT molecular complexity index is 1100. The molecule has 1 aliphatic heterocycles. The van der Waals surface area contributed by atoms with Crippen molar-refractivity contribution in [3.05, 3.63) is 47.8 Å². The first-order valence-corrected chi connectivity index (χ1v) is 9.74. The van der Waals surface area contributed by atoms with Crippen LogP contribution in [0.25, 0.3) is 27.9 Å². The molecule has 6 nitrogen and oxygen atoms in total. The molecule has 27 heavy (non-hydrogen) atoms. The Kier molecular flexibility index (Phi) is 3.93. The van der Waals surface area contributed by atoms with Gasteiger partial charge in [0.25, 0.3) is 0 Å². The zero-order chi connectivity index (χ0) is 18.4. The number of piperidine rings is 1. The molecule has 0 radical (unpaired) electrons. The van der Waals surface area contributed by atoms with E-state index in [1.54, 1.807) is 10.8 Å². The molecule has 5 rings (SSSR count). The van der Waals surface area contributed by atoms with Crippen LogP contribution in [0.2, 0.25) is 0 Å². The summed E-state index contributed by atoms with van der Waals surface area (Å²) in [5.74, 6) is 1.05. The van der Waals surface area contributed by atoms with Crippen molar-refractivity contribution in [2.45, 2.75) is 38.5 Å². The molecule has 0 aliphatic carbocycles. The SMILES string of the molecule is CC(C)c1c(-c2ccc3nncn3n2)[nH]c2ccc(C3CCNCC3)cc12. The average molecular weight is 360 g/mol. The van der Waals surface area contributed by atoms with Gasteiger partial charge in [-0.3, -0.25) is 0 Å². The molecule has 4 aromatic rings. The molecule has 1 aliphatic rings. The van der Waals surface area contributed by atoms with Gasteiger partial charge in [-0.2, -0.15) is 9.61 Å². The Morgan fingerprint density at radius 3 is 2.78 bits per heavy atom. The lowest BCUT2D eigenvalue weighted by Gasteiger charge is -2.23. The Hall–Kier alpha value is -2.73. The molecule has 0 unspecified atom stereocenters. The van der Waals surface area contributed by atoms with Crippen molar-refractivity contribution < 1.29 is 0 Å². The van der Waals surface area contributed by atoms with Gasteiger partial charge in [0.2, 0.25) is 0 Å². The van der Waals surface area contributed by atoms with Crippen molar-refractivity contribution in [1.82, 2.24) is 30.1 Å². The lowest BCUT2D eigenvalue weighted by Crippen LogP contribution is -2.26. The van der Waals surface area contributed by atoms with Crippen LogP contribution in [-0.4, -0.2) is 37.9 Å². The van der Waals surface area contributed by atoms with Gasteiger partial charge in [0.15, 0.2) is 5.65 Å². The zero-order valence-corrected chi connectivity index (χ0v) is 15.7. The number of aromatic amines is 1. The summed E-state index contributed by atoms with van der Waals surface area (Å²) in [7, 11) is 0. The highest BCUT2D eigenvalue weighted by molar-refractivity contribution is 5.91. The molecule has 1 saturated heterocycles. The second-order valence-corrected chi connectivity index (χ2v) is 7.75. The molecule has 0 atom stereocenters. The molecule has 6 heteroatoms. The van der Waals surface area contributed by atoms with Gasteiger partial charge in [-0.25, -0.2) is 0 Å². The molecule has 0 amide bonds. The summed E-state index contributed by atoms with van der Waals surface area (Å²) in [5.41, 5.74) is 6.74. The van der Waals surface area contributed by atoms with E-state index in [9.17, 15) is 0 Å². The minimum absolute atomic E-state index is 0.399. The Morgan fingerprint density at radius 1 is 1.11 bits per heavy atom. The summed E-state index contributed by atoms with van der Waals surface area (Å²) in [4.78, 5) is 3.62. The van der Waals surface area contributed by atoms with E-state index < -0.39 is 0 Å². The Labute approximate surface area is 158 Å². The van der Waals surface area contributed by atoms with Crippen LogP contribution in [0.5, 0.6) is 0 Å². The molecule has 1 fully saturated rings. The van der Waals surface area contributed by atoms with Crippen molar-refractivity contribution in [1.29, 1.82) is 0 Å². The number of benzene rings is 1. The maximum Gasteiger partial charge on any atom is 0.177 e. The van der Waals surface area contributed by atoms with Crippen LogP contribution >= 0.6 is 0 Å². The minimum atomic E-state index is 0.399. The van der Waals surface area contributed by atoms with E-state index in [-0.39, 0.29) is 0 Å². The number of fused-ring (bicyclic) bond motifs is 2. The Morgan fingerprint density at radius 2 is 1.96 bits per heavy atom. The first-order chi connectivity index (χ1) is 13.2. The lowest BCUT2D eigenvalue weighted by molar-refractivity contribution is 0.460. The third-order valence-electron chi connectivity index (χ3n) is 5.67. The van der Waals surface area contributed by atoms with Crippen LogP contribution in [-0.2, 0) is 0 Å². The van der Waals surface area contributed by atoms with Gasteiger partial charge in [0.05, 0.1) is 5.69 Å². The molecular weight excluding hydrogens is 336 g/mol. The van der Waals surface area contributed by atoms with Gasteiger partial charge in [0.1, 0.15) is 12.0 Å². The largest absolute Gasteiger partial charge is 0.353 e. The third kappa shape index (κ3) is 2.80. The minimum Gasteiger partial charge on any atom is -0.353 e. The van der Waals surface area contributed by atoms with Gasteiger partial charge in [-0.1, -0.05) is 19.9 Å². The van der Waals surface area contributed by atoms with Crippen LogP contribution in [0.4, 0.5) is 0 Å². The maximum atomic E-state index is 4.71. The molecule has 0 bridgehead atoms. The number of aromatic nitrogens is 5. The second-order valence-electron chi connectivity index (χ2n) is 7.75. The monoisotopic (exact) mass is 360 g/mol. The average Bonchev–Trinajstić information content (AvgIpc) is 3.31. The summed E-state index contributed by atoms with van der Waals surface area (Å²) in [6.07, 6.45) is 4.07. The molecule has 3 aromatic heterocycles. The molecule has 0 saturated carbocycles. The molecular formula is C21H24N6. The van der Waals surface area contributed by atoms with Gasteiger partial charge >= 0.3 is 0 Å². The normalized spacial score (nSPS) is 16.0. The fraction of sp³-hybridized carbons (Fsp3) is 0.381. The molecule has 138 valence electrons. The first-order valence-electron chi connectivity index (χ1n) is 9.74. The van der Waals surface area contributed by atoms with E-state index in [0.717, 1.165) is 30.1 Å². The molecule has 2 N–H and O–H groups in total. The van der Waals surface area contributed by atoms with Gasteiger partial charge in [-0.05, 0) is 73.2 Å². The fourth-order valence-corrected chi connectivity index (χ4v) is 4.30. The van der Waals surface area contributed by atoms with E-state index in [2.05, 4.69) is 52.5 Å². The third-order valence-corrected chi connectivity index (χ3v) is 5.67. The van der Waals surface area contributed by atoms with E-state index in [4.69, 9.17) is 5.10 Å². The van der Waals surface area contributed by atoms with Crippen molar-refractivity contribution in [3.63, 3.8) is 0 Å². The maximum absolute atomic E-state index is 4.71. The van der Waals surface area contributed by atoms with Crippen molar-refractivity contribution in [2.24, 2.45) is 0 Å². The highest BCUT2D eigenvalue weighted by atomic mass is 15.3. The standard InChI is InChI=1S/C21H24N6/c1-13(2)20-16-11-15(14-7-9-22-10-8-14)3-4-17(16)24-21(20)18-5-6-19-25-23-12-27(19)26-18/h3-6,11-14,22,24H,7-10H2,1-2H3. The van der Waals surface area contributed by atoms with Crippen LogP contribution in [0.3, 0.4) is 0 Å². The van der Waals surface area contributed by atoms with Gasteiger partial charge < -0.3 is 10.3 Å². The highest BCUT2D eigenvalue weighted by Gasteiger charge is 2.20. The van der Waals surface area contributed by atoms with E-state index in [1.165, 1.54) is 34.9 Å². The fourth-order valence-electron chi connectivity index (χ4n) is 4.30. The molecule has 1 aromatic carbocycles. The summed E-state index contributed by atoms with van der Waals surface area (Å²) in [5, 5.41) is 17.5. The van der Waals surface area contributed by atoms with Crippen LogP contribution < -0.4 is 5.32 Å². The topological polar surface area (TPSA) is 70.9 Å². The number of nitrogens with zero attached hydrogens (tertiary/aromatic N) is 4. The van der Waals surface area contributed by atoms with E-state index in [1.807, 2.05) is 12.1 Å². The number of hydrogen-bond acceptors (Lipinski definition) is 4. The number of nitrogens with one attached hydrogen (secondary N) is 2. The van der Waals surface area contributed by atoms with Crippen molar-refractivity contribution in [3.8, 4) is 11.4 Å². The van der Waals surface area contributed by atoms with Crippen molar-refractivity contribution in [2.75, 3.05) is 13.1 Å². The van der Waals surface area contributed by atoms with Gasteiger partial charge in [-0.15, -0.1) is 10.2 Å². The zero-order valence-electron chi connectivity index (χ0n) is 15.7. The van der Waals surface area contributed by atoms with Crippen LogP contribution in [0.1, 0.15) is 49.7 Å². The summed E-state index contributed by atoms with van der Waals surface area (Å²) < 4.78 is 1.73. The summed E-state index contributed by atoms with van der Waals surface area (Å²) in [6.45, 7) is 6.73. The van der Waals surface area contributed by atoms with Gasteiger partial charge in [0, 0.05) is 10.9 Å². The van der Waals surface area contributed by atoms with E-state index >= 15 is 0 Å². The quantitative estimate of drug-likeness (QED) is 0.582. The number of hydrogen-bond donors (Lipinski definition) is 2. The second kappa shape index (κ2) is 6.46. The summed E-state index contributed by atoms with van der Waals surface area (Å²) >= 11 is 0. The smallest absolute Gasteiger partial charge is 0.177 e. The highest BCUT2D eigenvalue weighted by Crippen LogP contribution is 2.37. The molecule has 4 heterocycles. The Balaban J connectivity index is 1.66. The van der Waals surface area contributed by atoms with E-state index in [0.29, 0.717) is 11.8 Å². The molecule has 0 spiro atoms. The van der Waals surface area contributed by atoms with Crippen LogP contribution in [0.15, 0.2) is 36.7 Å². The first kappa shape index (κ1) is 16.4. The predicted molar refractivity (Wildman–Crippen MR) is 107 cm³/mol. The van der Waals surface area contributed by atoms with Crippen LogP contribution in [0, 0.1) is 0 Å². The summed E-state index contributed by atoms with van der Waals surface area (Å²) in [6, 6.07) is 10.9. The predicted octanol–water partition coefficient (Wildman–Crippen LogP) is 3.86. The number of rotatable bonds is 3. The number of H-pyrrole nitrogens is 1.